The van der Waals surface area contributed by atoms with Gasteiger partial charge in [-0.3, -0.25) is 0 Å². The molecule has 2 nitrogen and oxygen atoms in total. The fourth-order valence-corrected chi connectivity index (χ4v) is 1.03. The van der Waals surface area contributed by atoms with E-state index in [9.17, 15) is 4.39 Å². The Labute approximate surface area is 81.2 Å². The van der Waals surface area contributed by atoms with Crippen LogP contribution in [-0.2, 0) is 0 Å². The highest BCUT2D eigenvalue weighted by Gasteiger charge is 1.99. The molecule has 0 fully saturated rings. The molecule has 2 N–H and O–H groups in total. The van der Waals surface area contributed by atoms with Gasteiger partial charge >= 0.3 is 0 Å². The maximum absolute atomic E-state index is 13.0. The molecule has 0 bridgehead atoms. The zero-order valence-corrected chi connectivity index (χ0v) is 7.76. The van der Waals surface area contributed by atoms with E-state index in [1.807, 2.05) is 0 Å². The maximum atomic E-state index is 13.0. The maximum Gasteiger partial charge on any atom is 0.148 e. The van der Waals surface area contributed by atoms with Crippen LogP contribution in [0.5, 0.6) is 0 Å². The largest absolute Gasteiger partial charge is 0.330 e. The van der Waals surface area contributed by atoms with Crippen molar-refractivity contribution in [2.24, 2.45) is 5.73 Å². The second-order valence-electron chi connectivity index (χ2n) is 2.51. The number of nitrogens with zero attached hydrogens (tertiary/aromatic N) is 1. The number of halogens is 2. The van der Waals surface area contributed by atoms with Crippen LogP contribution in [0.1, 0.15) is 12.0 Å². The van der Waals surface area contributed by atoms with Gasteiger partial charge in [-0.15, -0.1) is 0 Å². The van der Waals surface area contributed by atoms with Gasteiger partial charge in [0.05, 0.1) is 6.20 Å². The normalized spacial score (nSPS) is 11.0. The van der Waals surface area contributed by atoms with E-state index in [0.717, 1.165) is 12.6 Å². The van der Waals surface area contributed by atoms with Gasteiger partial charge in [0.2, 0.25) is 0 Å². The summed E-state index contributed by atoms with van der Waals surface area (Å²) in [6.07, 6.45) is 5.27. The van der Waals surface area contributed by atoms with Crippen LogP contribution in [0.15, 0.2) is 18.3 Å². The molecule has 1 aromatic rings. The number of nitrogens with two attached hydrogens (primary N) is 1. The van der Waals surface area contributed by atoms with E-state index in [4.69, 9.17) is 17.3 Å². The number of rotatable bonds is 3. The van der Waals surface area contributed by atoms with Gasteiger partial charge in [-0.1, -0.05) is 23.8 Å². The van der Waals surface area contributed by atoms with E-state index >= 15 is 0 Å². The average Bonchev–Trinajstić information content (AvgIpc) is 2.11. The molecule has 0 unspecified atom stereocenters. The summed E-state index contributed by atoms with van der Waals surface area (Å²) < 4.78 is 13.0. The summed E-state index contributed by atoms with van der Waals surface area (Å²) in [5.74, 6) is -0.377. The Balaban J connectivity index is 2.81. The summed E-state index contributed by atoms with van der Waals surface area (Å²) in [7, 11) is 0. The lowest BCUT2D eigenvalue weighted by atomic mass is 10.2. The Morgan fingerprint density at radius 2 is 2.38 bits per heavy atom. The molecule has 1 aromatic heterocycles. The van der Waals surface area contributed by atoms with E-state index in [-0.39, 0.29) is 11.0 Å². The SMILES string of the molecule is NCCC=Cc1cc(Cl)ncc1F. The quantitative estimate of drug-likeness (QED) is 0.760. The van der Waals surface area contributed by atoms with Gasteiger partial charge in [-0.25, -0.2) is 9.37 Å². The summed E-state index contributed by atoms with van der Waals surface area (Å²) in [5, 5.41) is 0.286. The van der Waals surface area contributed by atoms with Crippen molar-refractivity contribution in [3.8, 4) is 0 Å². The van der Waals surface area contributed by atoms with Gasteiger partial charge in [0, 0.05) is 5.56 Å². The second-order valence-corrected chi connectivity index (χ2v) is 2.90. The van der Waals surface area contributed by atoms with E-state index in [1.165, 1.54) is 6.07 Å². The fourth-order valence-electron chi connectivity index (χ4n) is 0.862. The predicted molar refractivity (Wildman–Crippen MR) is 51.9 cm³/mol. The van der Waals surface area contributed by atoms with Crippen molar-refractivity contribution in [3.63, 3.8) is 0 Å². The van der Waals surface area contributed by atoms with Crippen LogP contribution in [0.4, 0.5) is 4.39 Å². The molecule has 0 aliphatic rings. The monoisotopic (exact) mass is 200 g/mol. The summed E-state index contributed by atoms with van der Waals surface area (Å²) in [5.41, 5.74) is 5.72. The van der Waals surface area contributed by atoms with E-state index < -0.39 is 0 Å². The first-order valence-corrected chi connectivity index (χ1v) is 4.29. The first-order valence-electron chi connectivity index (χ1n) is 3.91. The molecule has 0 atom stereocenters. The third kappa shape index (κ3) is 3.13. The van der Waals surface area contributed by atoms with Gasteiger partial charge < -0.3 is 5.73 Å². The lowest BCUT2D eigenvalue weighted by molar-refractivity contribution is 0.618. The van der Waals surface area contributed by atoms with Crippen LogP contribution < -0.4 is 5.73 Å². The van der Waals surface area contributed by atoms with Crippen molar-refractivity contribution in [3.05, 3.63) is 34.9 Å². The van der Waals surface area contributed by atoms with Crippen molar-refractivity contribution < 1.29 is 4.39 Å². The summed E-state index contributed by atoms with van der Waals surface area (Å²) in [6, 6.07) is 1.48. The number of hydrogen-bond donors (Lipinski definition) is 1. The fraction of sp³-hybridized carbons (Fsp3) is 0.222. The molecule has 4 heteroatoms. The van der Waals surface area contributed by atoms with Gasteiger partial charge in [0.25, 0.3) is 0 Å². The molecular formula is C9H10ClFN2. The Morgan fingerprint density at radius 1 is 1.62 bits per heavy atom. The Hall–Kier alpha value is -0.930. The smallest absolute Gasteiger partial charge is 0.148 e. The van der Waals surface area contributed by atoms with Crippen LogP contribution in [0.25, 0.3) is 6.08 Å². The van der Waals surface area contributed by atoms with Crippen molar-refractivity contribution in [2.75, 3.05) is 6.54 Å². The molecular weight excluding hydrogens is 191 g/mol. The Bertz CT molecular complexity index is 312. The van der Waals surface area contributed by atoms with Crippen LogP contribution in [-0.4, -0.2) is 11.5 Å². The summed E-state index contributed by atoms with van der Waals surface area (Å²) in [6.45, 7) is 0.553. The lowest BCUT2D eigenvalue weighted by Crippen LogP contribution is -1.95. The third-order valence-corrected chi connectivity index (χ3v) is 1.69. The molecule has 0 aliphatic heterocycles. The molecule has 0 saturated carbocycles. The van der Waals surface area contributed by atoms with Crippen LogP contribution >= 0.6 is 11.6 Å². The Morgan fingerprint density at radius 3 is 3.08 bits per heavy atom. The lowest BCUT2D eigenvalue weighted by Gasteiger charge is -1.96. The number of pyridine rings is 1. The van der Waals surface area contributed by atoms with Crippen molar-refractivity contribution >= 4 is 17.7 Å². The van der Waals surface area contributed by atoms with Crippen LogP contribution in [0, 0.1) is 5.82 Å². The summed E-state index contributed by atoms with van der Waals surface area (Å²) >= 11 is 5.59. The van der Waals surface area contributed by atoms with E-state index in [2.05, 4.69) is 4.98 Å². The molecule has 0 spiro atoms. The molecule has 1 heterocycles. The minimum absolute atomic E-state index is 0.286. The average molecular weight is 201 g/mol. The first-order chi connectivity index (χ1) is 6.24. The predicted octanol–water partition coefficient (Wildman–Crippen LogP) is 2.24. The molecule has 0 saturated heterocycles. The molecule has 13 heavy (non-hydrogen) atoms. The van der Waals surface area contributed by atoms with Gasteiger partial charge in [-0.2, -0.15) is 0 Å². The Kier molecular flexibility index (Phi) is 3.86. The van der Waals surface area contributed by atoms with Gasteiger partial charge in [-0.05, 0) is 19.0 Å². The second kappa shape index (κ2) is 4.94. The molecule has 0 aliphatic carbocycles. The highest BCUT2D eigenvalue weighted by atomic mass is 35.5. The molecule has 1 rings (SSSR count). The standard InChI is InChI=1S/C9H10ClFN2/c10-9-5-7(3-1-2-4-12)8(11)6-13-9/h1,3,5-6H,2,4,12H2. The third-order valence-electron chi connectivity index (χ3n) is 1.48. The van der Waals surface area contributed by atoms with Crippen molar-refractivity contribution in [1.29, 1.82) is 0 Å². The minimum atomic E-state index is -0.377. The topological polar surface area (TPSA) is 38.9 Å². The molecule has 0 radical (unpaired) electrons. The summed E-state index contributed by atoms with van der Waals surface area (Å²) in [4.78, 5) is 3.60. The van der Waals surface area contributed by atoms with Crippen LogP contribution in [0.2, 0.25) is 5.15 Å². The highest BCUT2D eigenvalue weighted by molar-refractivity contribution is 6.29. The van der Waals surface area contributed by atoms with Crippen molar-refractivity contribution in [1.82, 2.24) is 4.98 Å². The van der Waals surface area contributed by atoms with Crippen LogP contribution in [0.3, 0.4) is 0 Å². The number of aromatic nitrogens is 1. The van der Waals surface area contributed by atoms with Gasteiger partial charge in [0.1, 0.15) is 11.0 Å². The molecule has 70 valence electrons. The minimum Gasteiger partial charge on any atom is -0.330 e. The number of hydrogen-bond acceptors (Lipinski definition) is 2. The molecule has 0 amide bonds. The van der Waals surface area contributed by atoms with Gasteiger partial charge in [0.15, 0.2) is 0 Å². The first kappa shape index (κ1) is 10.2. The van der Waals surface area contributed by atoms with E-state index in [0.29, 0.717) is 12.1 Å². The molecule has 0 aromatic carbocycles. The van der Waals surface area contributed by atoms with Crippen molar-refractivity contribution in [2.45, 2.75) is 6.42 Å². The zero-order valence-electron chi connectivity index (χ0n) is 7.00. The zero-order chi connectivity index (χ0) is 9.68. The van der Waals surface area contributed by atoms with E-state index in [1.54, 1.807) is 12.2 Å². The highest BCUT2D eigenvalue weighted by Crippen LogP contribution is 2.13.